The van der Waals surface area contributed by atoms with Gasteiger partial charge in [-0.2, -0.15) is 0 Å². The monoisotopic (exact) mass is 280 g/mol. The van der Waals surface area contributed by atoms with Gasteiger partial charge in [-0.25, -0.2) is 0 Å². The van der Waals surface area contributed by atoms with Gasteiger partial charge in [-0.15, -0.1) is 0 Å². The number of para-hydroxylation sites is 1. The van der Waals surface area contributed by atoms with Crippen LogP contribution in [0.4, 0.5) is 11.4 Å². The van der Waals surface area contributed by atoms with Crippen molar-refractivity contribution in [2.24, 2.45) is 0 Å². The van der Waals surface area contributed by atoms with E-state index >= 15 is 0 Å². The van der Waals surface area contributed by atoms with Crippen LogP contribution in [0.1, 0.15) is 29.5 Å². The van der Waals surface area contributed by atoms with Gasteiger partial charge in [0, 0.05) is 31.0 Å². The number of aryl methyl sites for hydroxylation is 2. The Morgan fingerprint density at radius 3 is 2.52 bits per heavy atom. The summed E-state index contributed by atoms with van der Waals surface area (Å²) in [6.07, 6.45) is 2.66. The molecule has 1 N–H and O–H groups in total. The predicted octanol–water partition coefficient (Wildman–Crippen LogP) is 4.32. The van der Waals surface area contributed by atoms with E-state index in [1.165, 1.54) is 40.9 Å². The van der Waals surface area contributed by atoms with E-state index in [9.17, 15) is 0 Å². The molecule has 0 bridgehead atoms. The standard InChI is InChI=1S/C19H24N2/c1-14-8-11-18(15(2)12-14)21(3)19-7-5-4-6-16(19)13-20-17-9-10-17/h4-8,11-12,17,20H,9-10,13H2,1-3H3. The zero-order chi connectivity index (χ0) is 14.8. The summed E-state index contributed by atoms with van der Waals surface area (Å²) in [4.78, 5) is 2.30. The fraction of sp³-hybridized carbons (Fsp3) is 0.368. The maximum atomic E-state index is 3.62. The van der Waals surface area contributed by atoms with Gasteiger partial charge in [0.25, 0.3) is 0 Å². The summed E-state index contributed by atoms with van der Waals surface area (Å²) in [6, 6.07) is 16.1. The van der Waals surface area contributed by atoms with Crippen molar-refractivity contribution in [3.8, 4) is 0 Å². The summed E-state index contributed by atoms with van der Waals surface area (Å²) in [6.45, 7) is 5.28. The van der Waals surface area contributed by atoms with E-state index in [1.54, 1.807) is 0 Å². The number of hydrogen-bond donors (Lipinski definition) is 1. The molecule has 2 heteroatoms. The van der Waals surface area contributed by atoms with Crippen LogP contribution in [0.25, 0.3) is 0 Å². The van der Waals surface area contributed by atoms with Crippen molar-refractivity contribution in [3.05, 3.63) is 59.2 Å². The number of rotatable bonds is 5. The molecule has 0 saturated heterocycles. The third-order valence-corrected chi connectivity index (χ3v) is 4.23. The fourth-order valence-electron chi connectivity index (χ4n) is 2.84. The van der Waals surface area contributed by atoms with Crippen LogP contribution in [0.2, 0.25) is 0 Å². The van der Waals surface area contributed by atoms with Crippen molar-refractivity contribution in [1.29, 1.82) is 0 Å². The van der Waals surface area contributed by atoms with Crippen LogP contribution < -0.4 is 10.2 Å². The maximum absolute atomic E-state index is 3.62. The van der Waals surface area contributed by atoms with Gasteiger partial charge in [-0.1, -0.05) is 35.9 Å². The first-order valence-electron chi connectivity index (χ1n) is 7.77. The summed E-state index contributed by atoms with van der Waals surface area (Å²) in [5, 5.41) is 3.62. The Hall–Kier alpha value is -1.80. The number of anilines is 2. The van der Waals surface area contributed by atoms with Gasteiger partial charge in [-0.05, 0) is 49.9 Å². The van der Waals surface area contributed by atoms with Crippen LogP contribution in [0.3, 0.4) is 0 Å². The van der Waals surface area contributed by atoms with E-state index < -0.39 is 0 Å². The molecule has 2 aromatic rings. The minimum Gasteiger partial charge on any atom is -0.344 e. The summed E-state index contributed by atoms with van der Waals surface area (Å²) in [5.41, 5.74) is 6.57. The lowest BCUT2D eigenvalue weighted by molar-refractivity contribution is 0.687. The van der Waals surface area contributed by atoms with Gasteiger partial charge in [0.15, 0.2) is 0 Å². The predicted molar refractivity (Wildman–Crippen MR) is 90.3 cm³/mol. The van der Waals surface area contributed by atoms with Crippen LogP contribution >= 0.6 is 0 Å². The Labute approximate surface area is 127 Å². The zero-order valence-corrected chi connectivity index (χ0v) is 13.2. The summed E-state index contributed by atoms with van der Waals surface area (Å²) >= 11 is 0. The highest BCUT2D eigenvalue weighted by atomic mass is 15.1. The summed E-state index contributed by atoms with van der Waals surface area (Å²) in [7, 11) is 2.16. The van der Waals surface area contributed by atoms with Gasteiger partial charge in [0.1, 0.15) is 0 Å². The largest absolute Gasteiger partial charge is 0.344 e. The second-order valence-electron chi connectivity index (χ2n) is 6.13. The third kappa shape index (κ3) is 3.27. The minimum absolute atomic E-state index is 0.740. The fourth-order valence-corrected chi connectivity index (χ4v) is 2.84. The Balaban J connectivity index is 1.87. The van der Waals surface area contributed by atoms with Gasteiger partial charge in [-0.3, -0.25) is 0 Å². The Morgan fingerprint density at radius 1 is 1.05 bits per heavy atom. The third-order valence-electron chi connectivity index (χ3n) is 4.23. The molecule has 2 nitrogen and oxygen atoms in total. The van der Waals surface area contributed by atoms with Crippen LogP contribution in [-0.2, 0) is 6.54 Å². The first kappa shape index (κ1) is 14.2. The Kier molecular flexibility index (Phi) is 3.98. The van der Waals surface area contributed by atoms with E-state index in [-0.39, 0.29) is 0 Å². The average molecular weight is 280 g/mol. The van der Waals surface area contributed by atoms with Crippen LogP contribution in [0.5, 0.6) is 0 Å². The van der Waals surface area contributed by atoms with Crippen molar-refractivity contribution in [2.75, 3.05) is 11.9 Å². The van der Waals surface area contributed by atoms with Gasteiger partial charge < -0.3 is 10.2 Å². The SMILES string of the molecule is Cc1ccc(N(C)c2ccccc2CNC2CC2)c(C)c1. The minimum atomic E-state index is 0.740. The zero-order valence-electron chi connectivity index (χ0n) is 13.2. The molecule has 1 saturated carbocycles. The van der Waals surface area contributed by atoms with Gasteiger partial charge in [0.2, 0.25) is 0 Å². The number of nitrogens with one attached hydrogen (secondary N) is 1. The number of hydrogen-bond acceptors (Lipinski definition) is 2. The Bertz CT molecular complexity index is 629. The summed E-state index contributed by atoms with van der Waals surface area (Å²) in [5.74, 6) is 0. The molecule has 0 atom stereocenters. The molecule has 0 radical (unpaired) electrons. The molecule has 2 aromatic carbocycles. The van der Waals surface area contributed by atoms with Crippen molar-refractivity contribution >= 4 is 11.4 Å². The van der Waals surface area contributed by atoms with E-state index in [2.05, 4.69) is 73.6 Å². The molecule has 0 amide bonds. The normalized spacial score (nSPS) is 14.2. The van der Waals surface area contributed by atoms with Crippen molar-refractivity contribution in [2.45, 2.75) is 39.3 Å². The molecule has 110 valence electrons. The first-order chi connectivity index (χ1) is 10.1. The van der Waals surface area contributed by atoms with Crippen molar-refractivity contribution in [3.63, 3.8) is 0 Å². The van der Waals surface area contributed by atoms with Gasteiger partial charge >= 0.3 is 0 Å². The van der Waals surface area contributed by atoms with Crippen molar-refractivity contribution in [1.82, 2.24) is 5.32 Å². The first-order valence-corrected chi connectivity index (χ1v) is 7.77. The Morgan fingerprint density at radius 2 is 1.81 bits per heavy atom. The lowest BCUT2D eigenvalue weighted by atomic mass is 10.1. The van der Waals surface area contributed by atoms with Crippen LogP contribution in [0, 0.1) is 13.8 Å². The molecule has 3 rings (SSSR count). The molecule has 21 heavy (non-hydrogen) atoms. The lowest BCUT2D eigenvalue weighted by Gasteiger charge is -2.25. The molecule has 0 heterocycles. The molecule has 0 unspecified atom stereocenters. The molecule has 1 aliphatic rings. The maximum Gasteiger partial charge on any atom is 0.0453 e. The summed E-state index contributed by atoms with van der Waals surface area (Å²) < 4.78 is 0. The van der Waals surface area contributed by atoms with E-state index in [0.717, 1.165) is 12.6 Å². The molecule has 0 spiro atoms. The molecular weight excluding hydrogens is 256 g/mol. The molecule has 0 aromatic heterocycles. The molecule has 1 fully saturated rings. The highest BCUT2D eigenvalue weighted by molar-refractivity contribution is 5.68. The topological polar surface area (TPSA) is 15.3 Å². The molecule has 0 aliphatic heterocycles. The highest BCUT2D eigenvalue weighted by Gasteiger charge is 2.21. The van der Waals surface area contributed by atoms with Gasteiger partial charge in [0.05, 0.1) is 0 Å². The lowest BCUT2D eigenvalue weighted by Crippen LogP contribution is -2.19. The smallest absolute Gasteiger partial charge is 0.0453 e. The second-order valence-corrected chi connectivity index (χ2v) is 6.13. The van der Waals surface area contributed by atoms with E-state index in [4.69, 9.17) is 0 Å². The highest BCUT2D eigenvalue weighted by Crippen LogP contribution is 2.30. The number of benzene rings is 2. The molecule has 1 aliphatic carbocycles. The van der Waals surface area contributed by atoms with E-state index in [0.29, 0.717) is 0 Å². The number of nitrogens with zero attached hydrogens (tertiary/aromatic N) is 1. The van der Waals surface area contributed by atoms with E-state index in [1.807, 2.05) is 0 Å². The second kappa shape index (κ2) is 5.90. The molecular formula is C19H24N2. The quantitative estimate of drug-likeness (QED) is 0.877. The van der Waals surface area contributed by atoms with Crippen LogP contribution in [-0.4, -0.2) is 13.1 Å². The van der Waals surface area contributed by atoms with Crippen LogP contribution in [0.15, 0.2) is 42.5 Å². The average Bonchev–Trinajstić information content (AvgIpc) is 3.29. The van der Waals surface area contributed by atoms with Crippen molar-refractivity contribution < 1.29 is 0 Å².